The number of hydrogen-bond acceptors (Lipinski definition) is 7. The van der Waals surface area contributed by atoms with Crippen LogP contribution in [0, 0.1) is 0 Å². The van der Waals surface area contributed by atoms with Crippen molar-refractivity contribution in [2.45, 2.75) is 32.4 Å². The number of nitrogens with zero attached hydrogens (tertiary/aromatic N) is 4. The van der Waals surface area contributed by atoms with E-state index in [0.29, 0.717) is 11.9 Å². The Hall–Kier alpha value is -2.33. The first kappa shape index (κ1) is 22.4. The van der Waals surface area contributed by atoms with Crippen LogP contribution in [0.2, 0.25) is 0 Å². The summed E-state index contributed by atoms with van der Waals surface area (Å²) in [5.74, 6) is -0.595. The standard InChI is InChI=1S/C19H21IN5O4P/c1-19(2,3)29-18(27)24-15(17(26)28-4)12-7-5-11(6-8-12)14-13-9-23-25(30-20)16(13)22-10-21-14/h5-10,15,30H,1-4H3,(H,24,27). The van der Waals surface area contributed by atoms with E-state index in [1.807, 2.05) is 16.6 Å². The topological polar surface area (TPSA) is 108 Å². The second-order valence-electron chi connectivity index (χ2n) is 7.32. The molecule has 1 amide bonds. The summed E-state index contributed by atoms with van der Waals surface area (Å²) < 4.78 is 11.9. The number of alkyl carbamates (subject to hydrolysis) is 1. The monoisotopic (exact) mass is 541 g/mol. The molecule has 0 aliphatic heterocycles. The quantitative estimate of drug-likeness (QED) is 0.295. The molecular formula is C19H21IN5O4P. The molecule has 11 heteroatoms. The van der Waals surface area contributed by atoms with E-state index in [2.05, 4.69) is 42.4 Å². The number of aromatic nitrogens is 4. The summed E-state index contributed by atoms with van der Waals surface area (Å²) in [7, 11) is 1.27. The number of methoxy groups -OCH3 is 1. The van der Waals surface area contributed by atoms with E-state index >= 15 is 0 Å². The summed E-state index contributed by atoms with van der Waals surface area (Å²) >= 11 is 2.24. The fourth-order valence-corrected chi connectivity index (χ4v) is 4.21. The lowest BCUT2D eigenvalue weighted by Gasteiger charge is -2.22. The molecule has 0 aliphatic carbocycles. The summed E-state index contributed by atoms with van der Waals surface area (Å²) in [4.78, 5) is 33.1. The number of fused-ring (bicyclic) bond motifs is 1. The third-order valence-electron chi connectivity index (χ3n) is 4.06. The smallest absolute Gasteiger partial charge is 0.408 e. The number of nitrogens with one attached hydrogen (secondary N) is 1. The largest absolute Gasteiger partial charge is 0.467 e. The van der Waals surface area contributed by atoms with Crippen LogP contribution in [-0.4, -0.2) is 44.3 Å². The van der Waals surface area contributed by atoms with Crippen molar-refractivity contribution in [3.8, 4) is 11.3 Å². The van der Waals surface area contributed by atoms with Gasteiger partial charge in [0.15, 0.2) is 11.7 Å². The molecule has 2 aromatic heterocycles. The number of hydrogen-bond donors (Lipinski definition) is 1. The second kappa shape index (κ2) is 9.22. The van der Waals surface area contributed by atoms with Crippen molar-refractivity contribution < 1.29 is 19.1 Å². The minimum atomic E-state index is -0.993. The number of ether oxygens (including phenoxy) is 2. The fraction of sp³-hybridized carbons (Fsp3) is 0.316. The van der Waals surface area contributed by atoms with Gasteiger partial charge in [-0.2, -0.15) is 5.10 Å². The van der Waals surface area contributed by atoms with Crippen LogP contribution >= 0.6 is 28.4 Å². The number of benzene rings is 1. The van der Waals surface area contributed by atoms with Crippen LogP contribution in [0.15, 0.2) is 36.8 Å². The van der Waals surface area contributed by atoms with Gasteiger partial charge in [0, 0.05) is 5.56 Å². The fourth-order valence-electron chi connectivity index (χ4n) is 2.79. The zero-order chi connectivity index (χ0) is 21.9. The van der Waals surface area contributed by atoms with Crippen molar-refractivity contribution in [1.29, 1.82) is 0 Å². The normalized spacial score (nSPS) is 12.8. The molecule has 0 bridgehead atoms. The van der Waals surface area contributed by atoms with Crippen molar-refractivity contribution in [2.24, 2.45) is 0 Å². The SMILES string of the molecule is COC(=O)C(NC(=O)OC(C)(C)C)c1ccc(-c2ncnc3c2cnn3PI)cc1. The first-order valence-corrected chi connectivity index (χ1v) is 13.0. The molecule has 0 aliphatic rings. The number of amides is 1. The summed E-state index contributed by atoms with van der Waals surface area (Å²) in [6, 6.07) is 6.15. The molecule has 0 spiro atoms. The molecule has 158 valence electrons. The average Bonchev–Trinajstić information content (AvgIpc) is 3.13. The van der Waals surface area contributed by atoms with Gasteiger partial charge in [-0.25, -0.2) is 24.0 Å². The summed E-state index contributed by atoms with van der Waals surface area (Å²) in [5, 5.41) is 7.74. The van der Waals surface area contributed by atoms with Crippen LogP contribution in [0.5, 0.6) is 0 Å². The van der Waals surface area contributed by atoms with Crippen LogP contribution in [0.4, 0.5) is 4.79 Å². The van der Waals surface area contributed by atoms with Gasteiger partial charge in [-0.15, -0.1) is 0 Å². The molecular weight excluding hydrogens is 520 g/mol. The van der Waals surface area contributed by atoms with Gasteiger partial charge in [-0.3, -0.25) is 0 Å². The maximum absolute atomic E-state index is 12.3. The Labute approximate surface area is 188 Å². The Morgan fingerprint density at radius 3 is 2.50 bits per heavy atom. The lowest BCUT2D eigenvalue weighted by molar-refractivity contribution is -0.143. The number of esters is 1. The number of carbonyl (C=O) groups excluding carboxylic acids is 2. The molecule has 2 heterocycles. The zero-order valence-corrected chi connectivity index (χ0v) is 20.0. The van der Waals surface area contributed by atoms with Crippen molar-refractivity contribution in [2.75, 3.05) is 7.11 Å². The minimum absolute atomic E-state index is 0.428. The molecule has 2 unspecified atom stereocenters. The lowest BCUT2D eigenvalue weighted by Crippen LogP contribution is -2.38. The zero-order valence-electron chi connectivity index (χ0n) is 16.8. The Bertz CT molecular complexity index is 1060. The third-order valence-corrected chi connectivity index (χ3v) is 5.92. The highest BCUT2D eigenvalue weighted by molar-refractivity contribution is 14.2. The van der Waals surface area contributed by atoms with Gasteiger partial charge in [-0.1, -0.05) is 24.3 Å². The maximum atomic E-state index is 12.3. The van der Waals surface area contributed by atoms with Crippen molar-refractivity contribution in [3.05, 3.63) is 42.4 Å². The van der Waals surface area contributed by atoms with Crippen molar-refractivity contribution in [1.82, 2.24) is 24.8 Å². The van der Waals surface area contributed by atoms with Gasteiger partial charge in [0.25, 0.3) is 0 Å². The number of halogens is 1. The summed E-state index contributed by atoms with van der Waals surface area (Å²) in [5.41, 5.74) is 2.21. The summed E-state index contributed by atoms with van der Waals surface area (Å²) in [6.07, 6.45) is 2.97. The average molecular weight is 541 g/mol. The molecule has 0 saturated carbocycles. The number of rotatable bonds is 5. The minimum Gasteiger partial charge on any atom is -0.467 e. The van der Waals surface area contributed by atoms with Gasteiger partial charge < -0.3 is 14.8 Å². The Morgan fingerprint density at radius 2 is 1.90 bits per heavy atom. The molecule has 1 aromatic carbocycles. The molecule has 3 rings (SSSR count). The van der Waals surface area contributed by atoms with Crippen LogP contribution in [0.25, 0.3) is 22.3 Å². The highest BCUT2D eigenvalue weighted by Crippen LogP contribution is 2.31. The highest BCUT2D eigenvalue weighted by atomic mass is 127. The maximum Gasteiger partial charge on any atom is 0.408 e. The number of carbonyl (C=O) groups is 2. The first-order chi connectivity index (χ1) is 14.2. The van der Waals surface area contributed by atoms with E-state index in [9.17, 15) is 9.59 Å². The van der Waals surface area contributed by atoms with Crippen LogP contribution in [0.3, 0.4) is 0 Å². The first-order valence-electron chi connectivity index (χ1n) is 8.96. The van der Waals surface area contributed by atoms with E-state index < -0.39 is 23.7 Å². The van der Waals surface area contributed by atoms with Gasteiger partial charge in [-0.05, 0) is 48.4 Å². The van der Waals surface area contributed by atoms with E-state index in [0.717, 1.165) is 22.3 Å². The molecule has 3 aromatic rings. The van der Waals surface area contributed by atoms with E-state index in [-0.39, 0.29) is 0 Å². The molecule has 0 fully saturated rings. The third kappa shape index (κ3) is 5.04. The summed E-state index contributed by atoms with van der Waals surface area (Å²) in [6.45, 7) is 5.24. The predicted molar refractivity (Wildman–Crippen MR) is 123 cm³/mol. The molecule has 0 saturated heterocycles. The molecule has 9 nitrogen and oxygen atoms in total. The molecule has 30 heavy (non-hydrogen) atoms. The Balaban J connectivity index is 1.90. The lowest BCUT2D eigenvalue weighted by atomic mass is 10.0. The molecule has 2 atom stereocenters. The van der Waals surface area contributed by atoms with E-state index in [1.54, 1.807) is 39.1 Å². The van der Waals surface area contributed by atoms with Crippen molar-refractivity contribution >= 4 is 51.5 Å². The molecule has 1 N–H and O–H groups in total. The Morgan fingerprint density at radius 1 is 1.20 bits per heavy atom. The Kier molecular flexibility index (Phi) is 6.87. The molecule has 0 radical (unpaired) electrons. The van der Waals surface area contributed by atoms with Crippen LogP contribution < -0.4 is 5.32 Å². The highest BCUT2D eigenvalue weighted by Gasteiger charge is 2.26. The van der Waals surface area contributed by atoms with Crippen LogP contribution in [-0.2, 0) is 14.3 Å². The second-order valence-corrected chi connectivity index (χ2v) is 9.36. The van der Waals surface area contributed by atoms with Gasteiger partial charge in [0.05, 0.1) is 30.8 Å². The van der Waals surface area contributed by atoms with Gasteiger partial charge >= 0.3 is 12.1 Å². The van der Waals surface area contributed by atoms with Crippen molar-refractivity contribution in [3.63, 3.8) is 0 Å². The van der Waals surface area contributed by atoms with Gasteiger partial charge in [0.2, 0.25) is 0 Å². The van der Waals surface area contributed by atoms with Crippen LogP contribution in [0.1, 0.15) is 32.4 Å². The van der Waals surface area contributed by atoms with Gasteiger partial charge in [0.1, 0.15) is 11.9 Å². The van der Waals surface area contributed by atoms with E-state index in [1.165, 1.54) is 13.4 Å². The predicted octanol–water partition coefficient (Wildman–Crippen LogP) is 4.02. The van der Waals surface area contributed by atoms with E-state index in [4.69, 9.17) is 9.47 Å².